The number of halogens is 4. The Kier molecular flexibility index (Phi) is 33.8. The molecule has 3 saturated heterocycles. The van der Waals surface area contributed by atoms with E-state index in [0.717, 1.165) is 57.3 Å². The second kappa shape index (κ2) is 45.5. The molecule has 0 bridgehead atoms. The quantitative estimate of drug-likeness (QED) is 0.0103. The number of hydrogen-bond donors (Lipinski definition) is 8. The number of pyridine rings is 3. The number of hydrogen-bond acceptors (Lipinski definition) is 27. The summed E-state index contributed by atoms with van der Waals surface area (Å²) >= 11 is 9.75. The summed E-state index contributed by atoms with van der Waals surface area (Å²) in [5.41, 5.74) is 13.9. The van der Waals surface area contributed by atoms with Crippen LogP contribution in [0.25, 0.3) is 0 Å². The summed E-state index contributed by atoms with van der Waals surface area (Å²) in [5, 5.41) is 18.5. The maximum Gasteiger partial charge on any atom is 0.343 e. The zero-order valence-corrected chi connectivity index (χ0v) is 68.8. The Bertz CT molecular complexity index is 5330. The molecule has 31 nitrogen and oxygen atoms in total. The standard InChI is InChI=1S/C28H26FN7O3S.C24H25FN6O4S.C16H17FN4O2.C8H9ClN2O2S.C6H7N/c1-40-27-31-17-21(26(37)33-18-7-3-2-4-8-18)25(35-27)32-19-9-10-23(22(29)15-19)39-20-11-12-30-24(16-20)34-28(38)36-13-5-6-14-36;1-3-34-22(32)17-14-27-23(36-2)30-21(17)28-15-6-7-19(18(25)12-15)35-16-8-9-26-20(13-16)29-24(33)31-10-4-5-11-31;17-13-9-11(18)3-4-14(13)23-12-5-6-19-15(10-12)20-16(22)21-7-1-2-8-21;1-3-13-7(12)5-4-10-8(14-2)11-6(5)9;7-6-4-2-1-3-5-6/h2-4,7-12,15-17H,5-6,13-14H2,1H3,(H,33,37)(H,30,34,38)(H,31,32,35);6-9,12-14H,3-5,10-11H2,1-2H3,(H,26,29,33)(H,27,28,30);3-6,9-10H,1-2,7-8,18H2,(H,19,20,22);4H,3H2,1-2H3;1-5H,7H2. The van der Waals surface area contributed by atoms with E-state index in [2.05, 4.69) is 76.8 Å². The number of nitrogens with two attached hydrogens (primary N) is 2. The molecular weight excluding hydrogens is 1630 g/mol. The molecule has 6 aromatic heterocycles. The summed E-state index contributed by atoms with van der Waals surface area (Å²) in [6.45, 7) is 8.26. The van der Waals surface area contributed by atoms with Crippen molar-refractivity contribution in [1.29, 1.82) is 0 Å². The third-order valence-corrected chi connectivity index (χ3v) is 18.9. The highest BCUT2D eigenvalue weighted by Crippen LogP contribution is 2.34. The van der Waals surface area contributed by atoms with Gasteiger partial charge >= 0.3 is 30.0 Å². The normalized spacial score (nSPS) is 12.4. The number of carbonyl (C=O) groups excluding carboxylic acids is 6. The SMILES string of the molecule is CCOC(=O)c1cnc(SC)nc1Cl.CCOC(=O)c1cnc(SC)nc1Nc1ccc(Oc2ccnc(NC(=O)N3CCCC3)c2)c(F)c1.CSc1ncc(C(=O)Nc2ccccc2)c(Nc2ccc(Oc3ccnc(NC(=O)N4CCCC4)c3)c(F)c2)n1.Nc1ccc(Oc2ccnc(NC(=O)N3CCCC3)c2)c(F)c1.Nc1ccccc1. The number of esters is 2. The van der Waals surface area contributed by atoms with Crippen molar-refractivity contribution in [2.75, 3.05) is 115 Å². The topological polar surface area (TPSA) is 399 Å². The molecule has 9 heterocycles. The van der Waals surface area contributed by atoms with Gasteiger partial charge in [0.25, 0.3) is 5.91 Å². The van der Waals surface area contributed by atoms with Gasteiger partial charge in [-0.25, -0.2) is 82.0 Å². The van der Waals surface area contributed by atoms with Crippen molar-refractivity contribution in [3.05, 3.63) is 228 Å². The van der Waals surface area contributed by atoms with Crippen LogP contribution >= 0.6 is 46.9 Å². The fraction of sp³-hybridized carbons (Fsp3) is 0.232. The molecule has 11 aromatic rings. The Labute approximate surface area is 706 Å². The van der Waals surface area contributed by atoms with Crippen LogP contribution in [0.4, 0.5) is 85.1 Å². The van der Waals surface area contributed by atoms with Crippen molar-refractivity contribution in [3.63, 3.8) is 0 Å². The van der Waals surface area contributed by atoms with Gasteiger partial charge in [0.2, 0.25) is 0 Å². The van der Waals surface area contributed by atoms with Gasteiger partial charge in [-0.15, -0.1) is 0 Å². The van der Waals surface area contributed by atoms with Gasteiger partial charge in [0.15, 0.2) is 50.2 Å². The molecule has 14 rings (SSSR count). The van der Waals surface area contributed by atoms with Gasteiger partial charge in [-0.2, -0.15) is 0 Å². The van der Waals surface area contributed by atoms with Gasteiger partial charge in [-0.3, -0.25) is 20.7 Å². The fourth-order valence-electron chi connectivity index (χ4n) is 11.1. The van der Waals surface area contributed by atoms with E-state index in [0.29, 0.717) is 106 Å². The van der Waals surface area contributed by atoms with Crippen molar-refractivity contribution in [2.45, 2.75) is 67.8 Å². The van der Waals surface area contributed by atoms with Crippen molar-refractivity contribution in [1.82, 2.24) is 59.6 Å². The van der Waals surface area contributed by atoms with E-state index in [9.17, 15) is 37.5 Å². The number of para-hydroxylation sites is 2. The first-order valence-corrected chi connectivity index (χ1v) is 41.4. The average Bonchev–Trinajstić information content (AvgIpc) is 0.864. The van der Waals surface area contributed by atoms with E-state index in [4.69, 9.17) is 46.8 Å². The molecule has 0 unspecified atom stereocenters. The maximum atomic E-state index is 15.1. The third-order valence-electron chi connectivity index (χ3n) is 17.0. The van der Waals surface area contributed by atoms with Crippen LogP contribution in [0.2, 0.25) is 5.15 Å². The number of aromatic nitrogens is 9. The summed E-state index contributed by atoms with van der Waals surface area (Å²) in [7, 11) is 0. The zero-order chi connectivity index (χ0) is 85.3. The number of ether oxygens (including phenoxy) is 5. The molecular formula is C82H84ClF3N20O11S3. The van der Waals surface area contributed by atoms with Crippen molar-refractivity contribution >= 4 is 140 Å². The van der Waals surface area contributed by atoms with Crippen molar-refractivity contribution < 1.29 is 65.6 Å². The van der Waals surface area contributed by atoms with Gasteiger partial charge in [0, 0.05) is 141 Å². The number of thioether (sulfide) groups is 3. The highest BCUT2D eigenvalue weighted by Gasteiger charge is 2.25. The van der Waals surface area contributed by atoms with E-state index >= 15 is 4.39 Å². The highest BCUT2D eigenvalue weighted by molar-refractivity contribution is 7.98. The van der Waals surface area contributed by atoms with E-state index in [1.54, 1.807) is 89.4 Å². The van der Waals surface area contributed by atoms with Crippen LogP contribution in [0.1, 0.15) is 83.4 Å². The molecule has 0 aliphatic carbocycles. The Balaban J connectivity index is 0.000000172. The number of nitrogen functional groups attached to an aromatic ring is 2. The predicted molar refractivity (Wildman–Crippen MR) is 456 cm³/mol. The molecule has 7 amide bonds. The molecule has 3 aliphatic heterocycles. The van der Waals surface area contributed by atoms with Crippen LogP contribution in [0, 0.1) is 17.5 Å². The Morgan fingerprint density at radius 3 is 1.16 bits per heavy atom. The lowest BCUT2D eigenvalue weighted by Gasteiger charge is -2.16. The lowest BCUT2D eigenvalue weighted by atomic mass is 10.2. The van der Waals surface area contributed by atoms with Crippen LogP contribution in [0.5, 0.6) is 34.5 Å². The number of likely N-dealkylation sites (tertiary alicyclic amines) is 3. The fourth-order valence-corrected chi connectivity index (χ4v) is 12.4. The van der Waals surface area contributed by atoms with Crippen LogP contribution in [0.3, 0.4) is 0 Å². The van der Waals surface area contributed by atoms with E-state index in [1.807, 2.05) is 61.0 Å². The number of carbonyl (C=O) groups is 6. The molecule has 5 aromatic carbocycles. The summed E-state index contributed by atoms with van der Waals surface area (Å²) in [6, 6.07) is 39.9. The molecule has 0 atom stereocenters. The lowest BCUT2D eigenvalue weighted by molar-refractivity contribution is 0.0516. The summed E-state index contributed by atoms with van der Waals surface area (Å²) in [6.07, 6.45) is 20.0. The number of rotatable bonds is 22. The Morgan fingerprint density at radius 2 is 0.783 bits per heavy atom. The summed E-state index contributed by atoms with van der Waals surface area (Å²) in [4.78, 5) is 116. The number of urea groups is 3. The molecule has 0 saturated carbocycles. The number of anilines is 10. The first kappa shape index (κ1) is 89.1. The minimum absolute atomic E-state index is 0.0249. The van der Waals surface area contributed by atoms with Crippen LogP contribution in [-0.4, -0.2) is 167 Å². The van der Waals surface area contributed by atoms with Gasteiger partial charge in [0.05, 0.1) is 13.2 Å². The average molecular weight is 1710 g/mol. The molecule has 624 valence electrons. The second-order valence-corrected chi connectivity index (χ2v) is 28.2. The Hall–Kier alpha value is -13.3. The molecule has 10 N–H and O–H groups in total. The number of benzene rings is 5. The van der Waals surface area contributed by atoms with Crippen LogP contribution in [-0.2, 0) is 9.47 Å². The zero-order valence-electron chi connectivity index (χ0n) is 65.5. The molecule has 0 radical (unpaired) electrons. The monoisotopic (exact) mass is 1710 g/mol. The number of nitrogens with zero attached hydrogens (tertiary/aromatic N) is 12. The lowest BCUT2D eigenvalue weighted by Crippen LogP contribution is -2.32. The highest BCUT2D eigenvalue weighted by atomic mass is 35.5. The summed E-state index contributed by atoms with van der Waals surface area (Å²) in [5.74, 6) is -0.914. The van der Waals surface area contributed by atoms with Crippen LogP contribution < -0.4 is 57.6 Å². The predicted octanol–water partition coefficient (Wildman–Crippen LogP) is 17.7. The molecule has 38 heteroatoms. The van der Waals surface area contributed by atoms with Gasteiger partial charge in [0.1, 0.15) is 68.2 Å². The van der Waals surface area contributed by atoms with E-state index in [-0.39, 0.29) is 75.4 Å². The second-order valence-electron chi connectivity index (χ2n) is 25.5. The van der Waals surface area contributed by atoms with Crippen molar-refractivity contribution in [3.8, 4) is 34.5 Å². The first-order chi connectivity index (χ1) is 58.1. The summed E-state index contributed by atoms with van der Waals surface area (Å²) < 4.78 is 70.4. The van der Waals surface area contributed by atoms with E-state index < -0.39 is 35.3 Å². The molecule has 120 heavy (non-hydrogen) atoms. The van der Waals surface area contributed by atoms with E-state index in [1.165, 1.54) is 121 Å². The minimum Gasteiger partial charge on any atom is -0.462 e. The molecule has 3 aliphatic rings. The van der Waals surface area contributed by atoms with Gasteiger partial charge < -0.3 is 65.8 Å². The first-order valence-electron chi connectivity index (χ1n) is 37.3. The molecule has 0 spiro atoms. The number of amides is 7. The Morgan fingerprint density at radius 1 is 0.417 bits per heavy atom. The van der Waals surface area contributed by atoms with Crippen molar-refractivity contribution in [2.24, 2.45) is 0 Å². The van der Waals surface area contributed by atoms with Gasteiger partial charge in [-0.1, -0.05) is 83.3 Å². The minimum atomic E-state index is -0.642. The van der Waals surface area contributed by atoms with Crippen LogP contribution in [0.15, 0.2) is 204 Å². The molecule has 3 fully saturated rings. The van der Waals surface area contributed by atoms with Gasteiger partial charge in [-0.05, 0) is 150 Å². The number of nitrogens with one attached hydrogen (secondary N) is 6. The smallest absolute Gasteiger partial charge is 0.343 e. The maximum absolute atomic E-state index is 15.1. The largest absolute Gasteiger partial charge is 0.462 e. The third kappa shape index (κ3) is 27.2.